The lowest BCUT2D eigenvalue weighted by atomic mass is 9.95. The number of ether oxygens (including phenoxy) is 1. The van der Waals surface area contributed by atoms with Crippen LogP contribution in [0.25, 0.3) is 5.76 Å². The number of aliphatic hydroxyl groups is 1. The van der Waals surface area contributed by atoms with Gasteiger partial charge < -0.3 is 14.7 Å². The molecule has 1 amide bonds. The minimum Gasteiger partial charge on any atom is -0.507 e. The second kappa shape index (κ2) is 7.77. The van der Waals surface area contributed by atoms with E-state index in [2.05, 4.69) is 5.10 Å². The molecule has 1 aromatic carbocycles. The Hall–Kier alpha value is -2.64. The summed E-state index contributed by atoms with van der Waals surface area (Å²) in [5.41, 5.74) is 2.47. The number of likely N-dealkylation sites (tertiary alicyclic amines) is 1. The first-order valence-electron chi connectivity index (χ1n) is 8.81. The zero-order chi connectivity index (χ0) is 20.6. The number of nitrogens with zero attached hydrogens (tertiary/aromatic N) is 3. The third-order valence-corrected chi connectivity index (χ3v) is 5.26. The Labute approximate surface area is 168 Å². The second-order valence-corrected chi connectivity index (χ2v) is 7.14. The Morgan fingerprint density at radius 1 is 1.25 bits per heavy atom. The molecule has 1 aliphatic rings. The lowest BCUT2D eigenvalue weighted by Gasteiger charge is -2.25. The Kier molecular flexibility index (Phi) is 5.58. The molecular weight excluding hydrogens is 382 g/mol. The number of carbonyl (C=O) groups is 2. The SMILES string of the molecule is COCCN1C(=O)C(=O)/C(=C(/O)c2c(C)nn(C)c2C)C1c1ccc(Cl)cc1. The molecule has 0 bridgehead atoms. The molecule has 28 heavy (non-hydrogen) atoms. The number of Topliss-reactive ketones (excluding diaryl/α,β-unsaturated/α-hetero) is 1. The Bertz CT molecular complexity index is 963. The van der Waals surface area contributed by atoms with Crippen molar-refractivity contribution in [3.05, 3.63) is 57.4 Å². The predicted molar refractivity (Wildman–Crippen MR) is 105 cm³/mol. The molecule has 1 fully saturated rings. The summed E-state index contributed by atoms with van der Waals surface area (Å²) in [6.45, 7) is 4.03. The van der Waals surface area contributed by atoms with Gasteiger partial charge in [-0.1, -0.05) is 23.7 Å². The maximum atomic E-state index is 12.9. The number of aliphatic hydroxyl groups excluding tert-OH is 1. The van der Waals surface area contributed by atoms with Crippen LogP contribution in [-0.2, 0) is 21.4 Å². The summed E-state index contributed by atoms with van der Waals surface area (Å²) in [5, 5.41) is 15.9. The normalized spacial score (nSPS) is 18.9. The molecule has 3 rings (SSSR count). The van der Waals surface area contributed by atoms with Crippen LogP contribution in [0.5, 0.6) is 0 Å². The van der Waals surface area contributed by atoms with E-state index in [-0.39, 0.29) is 24.5 Å². The number of hydrogen-bond acceptors (Lipinski definition) is 5. The van der Waals surface area contributed by atoms with Crippen molar-refractivity contribution in [2.45, 2.75) is 19.9 Å². The quantitative estimate of drug-likeness (QED) is 0.471. The monoisotopic (exact) mass is 403 g/mol. The van der Waals surface area contributed by atoms with E-state index in [0.717, 1.165) is 0 Å². The van der Waals surface area contributed by atoms with Gasteiger partial charge in [0.2, 0.25) is 0 Å². The van der Waals surface area contributed by atoms with Crippen molar-refractivity contribution in [3.63, 3.8) is 0 Å². The molecule has 148 valence electrons. The van der Waals surface area contributed by atoms with Crippen molar-refractivity contribution < 1.29 is 19.4 Å². The molecule has 0 spiro atoms. The first-order chi connectivity index (χ1) is 13.3. The molecule has 8 heteroatoms. The fraction of sp³-hybridized carbons (Fsp3) is 0.350. The maximum absolute atomic E-state index is 12.9. The van der Waals surface area contributed by atoms with Gasteiger partial charge in [-0.2, -0.15) is 5.10 Å². The zero-order valence-corrected chi connectivity index (χ0v) is 16.9. The summed E-state index contributed by atoms with van der Waals surface area (Å²) in [6, 6.07) is 6.14. The zero-order valence-electron chi connectivity index (χ0n) is 16.2. The van der Waals surface area contributed by atoms with Crippen LogP contribution in [0.3, 0.4) is 0 Å². The molecule has 7 nitrogen and oxygen atoms in total. The van der Waals surface area contributed by atoms with Crippen molar-refractivity contribution in [1.82, 2.24) is 14.7 Å². The Morgan fingerprint density at radius 2 is 1.89 bits per heavy atom. The number of hydrogen-bond donors (Lipinski definition) is 1. The molecule has 0 radical (unpaired) electrons. The highest BCUT2D eigenvalue weighted by Gasteiger charge is 2.46. The molecule has 0 aliphatic carbocycles. The Balaban J connectivity index is 2.22. The molecule has 1 saturated heterocycles. The van der Waals surface area contributed by atoms with Gasteiger partial charge in [0.15, 0.2) is 0 Å². The summed E-state index contributed by atoms with van der Waals surface area (Å²) in [7, 11) is 3.28. The van der Waals surface area contributed by atoms with Crippen LogP contribution < -0.4 is 0 Å². The van der Waals surface area contributed by atoms with Gasteiger partial charge in [0.1, 0.15) is 5.76 Å². The number of amides is 1. The molecule has 0 saturated carbocycles. The van der Waals surface area contributed by atoms with Gasteiger partial charge in [-0.25, -0.2) is 0 Å². The van der Waals surface area contributed by atoms with Gasteiger partial charge in [-0.15, -0.1) is 0 Å². The molecule has 2 heterocycles. The van der Waals surface area contributed by atoms with E-state index >= 15 is 0 Å². The number of aryl methyl sites for hydroxylation is 2. The van der Waals surface area contributed by atoms with Crippen molar-refractivity contribution in [2.75, 3.05) is 20.3 Å². The number of ketones is 1. The van der Waals surface area contributed by atoms with E-state index in [9.17, 15) is 14.7 Å². The molecule has 1 aliphatic heterocycles. The van der Waals surface area contributed by atoms with E-state index < -0.39 is 17.7 Å². The first-order valence-corrected chi connectivity index (χ1v) is 9.19. The third-order valence-electron chi connectivity index (χ3n) is 5.01. The number of halogens is 1. The van der Waals surface area contributed by atoms with E-state index in [4.69, 9.17) is 16.3 Å². The maximum Gasteiger partial charge on any atom is 0.295 e. The first kappa shape index (κ1) is 20.1. The summed E-state index contributed by atoms with van der Waals surface area (Å²) in [5.74, 6) is -1.62. The fourth-order valence-electron chi connectivity index (χ4n) is 3.54. The second-order valence-electron chi connectivity index (χ2n) is 6.71. The highest BCUT2D eigenvalue weighted by molar-refractivity contribution is 6.46. The van der Waals surface area contributed by atoms with Gasteiger partial charge >= 0.3 is 0 Å². The number of methoxy groups -OCH3 is 1. The smallest absolute Gasteiger partial charge is 0.295 e. The van der Waals surface area contributed by atoms with Crippen molar-refractivity contribution in [1.29, 1.82) is 0 Å². The highest BCUT2D eigenvalue weighted by Crippen LogP contribution is 2.40. The van der Waals surface area contributed by atoms with Gasteiger partial charge in [0, 0.05) is 31.4 Å². The highest BCUT2D eigenvalue weighted by atomic mass is 35.5. The molecule has 2 aromatic rings. The average molecular weight is 404 g/mol. The Morgan fingerprint density at radius 3 is 2.43 bits per heavy atom. The summed E-state index contributed by atoms with van der Waals surface area (Å²) in [4.78, 5) is 27.0. The largest absolute Gasteiger partial charge is 0.507 e. The molecule has 1 atom stereocenters. The van der Waals surface area contributed by atoms with Gasteiger partial charge in [0.05, 0.1) is 29.5 Å². The van der Waals surface area contributed by atoms with Gasteiger partial charge in [-0.05, 0) is 31.5 Å². The minimum absolute atomic E-state index is 0.0441. The predicted octanol–water partition coefficient (Wildman–Crippen LogP) is 2.76. The van der Waals surface area contributed by atoms with Crippen LogP contribution in [0.15, 0.2) is 29.8 Å². The minimum atomic E-state index is -0.730. The molecule has 1 aromatic heterocycles. The van der Waals surface area contributed by atoms with Gasteiger partial charge in [0.25, 0.3) is 11.7 Å². The molecule has 1 unspecified atom stereocenters. The van der Waals surface area contributed by atoms with E-state index in [0.29, 0.717) is 27.5 Å². The van der Waals surface area contributed by atoms with Crippen LogP contribution >= 0.6 is 11.6 Å². The van der Waals surface area contributed by atoms with Crippen LogP contribution in [-0.4, -0.2) is 51.7 Å². The van der Waals surface area contributed by atoms with Gasteiger partial charge in [-0.3, -0.25) is 14.3 Å². The van der Waals surface area contributed by atoms with E-state index in [1.807, 2.05) is 0 Å². The summed E-state index contributed by atoms with van der Waals surface area (Å²) in [6.07, 6.45) is 0. The van der Waals surface area contributed by atoms with Crippen LogP contribution in [0.1, 0.15) is 28.6 Å². The van der Waals surface area contributed by atoms with Crippen molar-refractivity contribution in [3.8, 4) is 0 Å². The standard InChI is InChI=1S/C20H22ClN3O4/c1-11-15(12(2)23(3)22-11)18(25)16-17(13-5-7-14(21)8-6-13)24(9-10-28-4)20(27)19(16)26/h5-8,17,25H,9-10H2,1-4H3/b18-16+. The van der Waals surface area contributed by atoms with Crippen LogP contribution in [0, 0.1) is 13.8 Å². The molecular formula is C20H22ClN3O4. The van der Waals surface area contributed by atoms with E-state index in [1.165, 1.54) is 12.0 Å². The third kappa shape index (κ3) is 3.31. The summed E-state index contributed by atoms with van der Waals surface area (Å²) < 4.78 is 6.72. The number of carbonyl (C=O) groups excluding carboxylic acids is 2. The topological polar surface area (TPSA) is 84.7 Å². The van der Waals surface area contributed by atoms with E-state index in [1.54, 1.807) is 49.8 Å². The van der Waals surface area contributed by atoms with Crippen molar-refractivity contribution in [2.24, 2.45) is 7.05 Å². The number of benzene rings is 1. The lowest BCUT2D eigenvalue weighted by Crippen LogP contribution is -2.32. The number of rotatable bonds is 5. The van der Waals surface area contributed by atoms with Crippen molar-refractivity contribution >= 4 is 29.1 Å². The fourth-order valence-corrected chi connectivity index (χ4v) is 3.67. The lowest BCUT2D eigenvalue weighted by molar-refractivity contribution is -0.140. The molecule has 1 N–H and O–H groups in total. The summed E-state index contributed by atoms with van der Waals surface area (Å²) >= 11 is 5.99. The van der Waals surface area contributed by atoms with Crippen LogP contribution in [0.2, 0.25) is 5.02 Å². The number of aromatic nitrogens is 2. The van der Waals surface area contributed by atoms with Crippen LogP contribution in [0.4, 0.5) is 0 Å². The average Bonchev–Trinajstić information content (AvgIpc) is 3.06.